The number of hydrogen-bond donors (Lipinski definition) is 1. The van der Waals surface area contributed by atoms with E-state index in [-0.39, 0.29) is 5.91 Å². The van der Waals surface area contributed by atoms with Gasteiger partial charge in [0.05, 0.1) is 17.8 Å². The van der Waals surface area contributed by atoms with E-state index in [0.29, 0.717) is 13.0 Å². The lowest BCUT2D eigenvalue weighted by Gasteiger charge is -2.09. The minimum atomic E-state index is 0.00437. The van der Waals surface area contributed by atoms with Crippen LogP contribution in [0.1, 0.15) is 5.69 Å². The van der Waals surface area contributed by atoms with Crippen molar-refractivity contribution in [1.82, 2.24) is 20.2 Å². The molecule has 20 heavy (non-hydrogen) atoms. The van der Waals surface area contributed by atoms with E-state index in [9.17, 15) is 4.79 Å². The van der Waals surface area contributed by atoms with Crippen molar-refractivity contribution in [1.29, 1.82) is 0 Å². The van der Waals surface area contributed by atoms with Crippen molar-refractivity contribution in [2.24, 2.45) is 0 Å². The van der Waals surface area contributed by atoms with E-state index in [1.807, 2.05) is 42.6 Å². The van der Waals surface area contributed by atoms with Crippen molar-refractivity contribution in [2.45, 2.75) is 6.42 Å². The number of likely N-dealkylation sites (N-methyl/N-ethyl adjacent to an activating group) is 1. The molecule has 2 aromatic heterocycles. The minimum Gasteiger partial charge on any atom is -0.354 e. The normalized spacial score (nSPS) is 10.8. The number of aromatic nitrogens is 2. The molecule has 0 fully saturated rings. The topological polar surface area (TPSA) is 58.1 Å². The zero-order valence-corrected chi connectivity index (χ0v) is 12.5. The molecule has 106 valence electrons. The lowest BCUT2D eigenvalue weighted by atomic mass is 10.3. The number of nitrogens with zero attached hydrogens (tertiary/aromatic N) is 3. The van der Waals surface area contributed by atoms with Gasteiger partial charge in [-0.25, -0.2) is 4.98 Å². The highest BCUT2D eigenvalue weighted by Crippen LogP contribution is 2.21. The Hall–Kier alpha value is -1.79. The third-order valence-electron chi connectivity index (χ3n) is 2.66. The van der Waals surface area contributed by atoms with Crippen molar-refractivity contribution in [3.63, 3.8) is 0 Å². The van der Waals surface area contributed by atoms with Gasteiger partial charge in [-0.1, -0.05) is 6.07 Å². The first-order chi connectivity index (χ1) is 9.65. The van der Waals surface area contributed by atoms with Crippen LogP contribution in [0.15, 0.2) is 29.8 Å². The van der Waals surface area contributed by atoms with Crippen LogP contribution in [-0.2, 0) is 11.2 Å². The number of carbonyl (C=O) groups excluding carboxylic acids is 1. The van der Waals surface area contributed by atoms with Crippen LogP contribution < -0.4 is 5.32 Å². The molecule has 0 spiro atoms. The largest absolute Gasteiger partial charge is 0.354 e. The first kappa shape index (κ1) is 14.6. The average molecular weight is 290 g/mol. The molecule has 6 heteroatoms. The van der Waals surface area contributed by atoms with Gasteiger partial charge in [-0.15, -0.1) is 11.3 Å². The van der Waals surface area contributed by atoms with E-state index in [2.05, 4.69) is 15.3 Å². The maximum Gasteiger partial charge on any atom is 0.226 e. The van der Waals surface area contributed by atoms with E-state index >= 15 is 0 Å². The number of rotatable bonds is 6. The summed E-state index contributed by atoms with van der Waals surface area (Å²) in [4.78, 5) is 22.5. The molecule has 1 N–H and O–H groups in total. The van der Waals surface area contributed by atoms with Crippen molar-refractivity contribution in [2.75, 3.05) is 27.2 Å². The molecule has 0 unspecified atom stereocenters. The van der Waals surface area contributed by atoms with Crippen LogP contribution in [0, 0.1) is 0 Å². The Bertz CT molecular complexity index is 553. The second-order valence-corrected chi connectivity index (χ2v) is 5.55. The molecule has 0 atom stereocenters. The van der Waals surface area contributed by atoms with Crippen molar-refractivity contribution >= 4 is 17.2 Å². The van der Waals surface area contributed by atoms with Gasteiger partial charge in [0.2, 0.25) is 5.91 Å². The van der Waals surface area contributed by atoms with Gasteiger partial charge < -0.3 is 10.2 Å². The average Bonchev–Trinajstić information content (AvgIpc) is 2.88. The van der Waals surface area contributed by atoms with E-state index in [1.54, 1.807) is 6.20 Å². The van der Waals surface area contributed by atoms with E-state index in [1.165, 1.54) is 11.3 Å². The van der Waals surface area contributed by atoms with Gasteiger partial charge in [0.25, 0.3) is 0 Å². The Morgan fingerprint density at radius 1 is 1.40 bits per heavy atom. The molecule has 0 aliphatic rings. The number of nitrogens with one attached hydrogen (secondary N) is 1. The Kier molecular flexibility index (Phi) is 5.20. The van der Waals surface area contributed by atoms with Gasteiger partial charge in [-0.2, -0.15) is 0 Å². The van der Waals surface area contributed by atoms with Crippen LogP contribution in [0.4, 0.5) is 0 Å². The zero-order valence-electron chi connectivity index (χ0n) is 11.7. The molecular weight excluding hydrogens is 272 g/mol. The predicted octanol–water partition coefficient (Wildman–Crippen LogP) is 1.43. The molecule has 2 aromatic rings. The number of carbonyl (C=O) groups is 1. The number of pyridine rings is 1. The van der Waals surface area contributed by atoms with Crippen molar-refractivity contribution in [3.05, 3.63) is 35.5 Å². The van der Waals surface area contributed by atoms with Crippen molar-refractivity contribution in [3.8, 4) is 10.7 Å². The Morgan fingerprint density at radius 3 is 2.95 bits per heavy atom. The van der Waals surface area contributed by atoms with Crippen molar-refractivity contribution < 1.29 is 4.79 Å². The molecule has 0 saturated carbocycles. The summed E-state index contributed by atoms with van der Waals surface area (Å²) in [6.07, 6.45) is 2.06. The Labute approximate surface area is 122 Å². The quantitative estimate of drug-likeness (QED) is 0.874. The summed E-state index contributed by atoms with van der Waals surface area (Å²) in [6, 6.07) is 5.72. The number of thiazole rings is 1. The van der Waals surface area contributed by atoms with Gasteiger partial charge in [-0.05, 0) is 26.2 Å². The fourth-order valence-corrected chi connectivity index (χ4v) is 2.44. The van der Waals surface area contributed by atoms with Gasteiger partial charge >= 0.3 is 0 Å². The highest BCUT2D eigenvalue weighted by atomic mass is 32.1. The summed E-state index contributed by atoms with van der Waals surface area (Å²) in [5.41, 5.74) is 1.63. The summed E-state index contributed by atoms with van der Waals surface area (Å²) >= 11 is 1.51. The molecule has 0 saturated heterocycles. The van der Waals surface area contributed by atoms with Gasteiger partial charge in [0.15, 0.2) is 0 Å². The molecule has 0 aliphatic carbocycles. The smallest absolute Gasteiger partial charge is 0.226 e. The predicted molar refractivity (Wildman–Crippen MR) is 80.6 cm³/mol. The van der Waals surface area contributed by atoms with Gasteiger partial charge in [0.1, 0.15) is 5.01 Å². The van der Waals surface area contributed by atoms with Gasteiger partial charge in [-0.3, -0.25) is 9.78 Å². The second-order valence-electron chi connectivity index (χ2n) is 4.69. The summed E-state index contributed by atoms with van der Waals surface area (Å²) in [7, 11) is 3.96. The second kappa shape index (κ2) is 7.12. The Morgan fingerprint density at radius 2 is 2.25 bits per heavy atom. The van der Waals surface area contributed by atoms with Crippen LogP contribution in [0.25, 0.3) is 10.7 Å². The first-order valence-corrected chi connectivity index (χ1v) is 7.30. The molecule has 0 aliphatic heterocycles. The molecule has 5 nitrogen and oxygen atoms in total. The van der Waals surface area contributed by atoms with Crippen LogP contribution in [-0.4, -0.2) is 48.0 Å². The molecule has 0 radical (unpaired) electrons. The molecule has 0 bridgehead atoms. The van der Waals surface area contributed by atoms with Gasteiger partial charge in [0, 0.05) is 24.7 Å². The first-order valence-electron chi connectivity index (χ1n) is 6.42. The maximum absolute atomic E-state index is 11.8. The summed E-state index contributed by atoms with van der Waals surface area (Å²) < 4.78 is 0. The molecule has 1 amide bonds. The number of hydrogen-bond acceptors (Lipinski definition) is 5. The van der Waals surface area contributed by atoms with Crippen LogP contribution in [0.2, 0.25) is 0 Å². The fourth-order valence-electron chi connectivity index (χ4n) is 1.64. The van der Waals surface area contributed by atoms with E-state index in [4.69, 9.17) is 0 Å². The van der Waals surface area contributed by atoms with Crippen LogP contribution >= 0.6 is 11.3 Å². The summed E-state index contributed by atoms with van der Waals surface area (Å²) in [6.45, 7) is 1.49. The summed E-state index contributed by atoms with van der Waals surface area (Å²) in [5, 5.41) is 5.64. The highest BCUT2D eigenvalue weighted by Gasteiger charge is 2.09. The monoisotopic (exact) mass is 290 g/mol. The minimum absolute atomic E-state index is 0.00437. The lowest BCUT2D eigenvalue weighted by Crippen LogP contribution is -2.32. The third kappa shape index (κ3) is 4.40. The highest BCUT2D eigenvalue weighted by molar-refractivity contribution is 7.13. The van der Waals surface area contributed by atoms with E-state index < -0.39 is 0 Å². The molecular formula is C14H18N4OS. The molecule has 0 aromatic carbocycles. The molecule has 2 rings (SSSR count). The van der Waals surface area contributed by atoms with Crippen LogP contribution in [0.5, 0.6) is 0 Å². The maximum atomic E-state index is 11.8. The Balaban J connectivity index is 1.88. The standard InChI is InChI=1S/C14H18N4OS/c1-18(2)8-7-16-13(19)9-11-10-20-14(17-11)12-5-3-4-6-15-12/h3-6,10H,7-9H2,1-2H3,(H,16,19). The van der Waals surface area contributed by atoms with Crippen LogP contribution in [0.3, 0.4) is 0 Å². The fraction of sp³-hybridized carbons (Fsp3) is 0.357. The number of amides is 1. The van der Waals surface area contributed by atoms with E-state index in [0.717, 1.165) is 22.9 Å². The third-order valence-corrected chi connectivity index (χ3v) is 3.57. The lowest BCUT2D eigenvalue weighted by molar-refractivity contribution is -0.120. The SMILES string of the molecule is CN(C)CCNC(=O)Cc1csc(-c2ccccn2)n1. The molecule has 2 heterocycles. The zero-order chi connectivity index (χ0) is 14.4. The summed E-state index contributed by atoms with van der Waals surface area (Å²) in [5.74, 6) is 0.00437.